The van der Waals surface area contributed by atoms with Crippen molar-refractivity contribution in [1.82, 2.24) is 15.4 Å². The Hall–Kier alpha value is -2.14. The van der Waals surface area contributed by atoms with Gasteiger partial charge in [-0.1, -0.05) is 29.4 Å². The molecule has 0 aliphatic carbocycles. The minimum Gasteiger partial charge on any atom is -0.361 e. The number of carbonyl (C=O) groups is 1. The third-order valence-corrected chi connectivity index (χ3v) is 5.16. The van der Waals surface area contributed by atoms with Crippen molar-refractivity contribution in [2.24, 2.45) is 0 Å². The average Bonchev–Trinajstić information content (AvgIpc) is 2.95. The predicted molar refractivity (Wildman–Crippen MR) is 97.3 cm³/mol. The fourth-order valence-electron chi connectivity index (χ4n) is 3.47. The van der Waals surface area contributed by atoms with Crippen molar-refractivity contribution in [1.29, 1.82) is 0 Å². The van der Waals surface area contributed by atoms with E-state index in [1.165, 1.54) is 11.1 Å². The van der Waals surface area contributed by atoms with Gasteiger partial charge in [-0.05, 0) is 44.7 Å². The molecule has 5 nitrogen and oxygen atoms in total. The van der Waals surface area contributed by atoms with Crippen molar-refractivity contribution in [2.75, 3.05) is 13.1 Å². The lowest BCUT2D eigenvalue weighted by Gasteiger charge is -2.33. The molecule has 1 N–H and O–H groups in total. The van der Waals surface area contributed by atoms with Gasteiger partial charge in [-0.2, -0.15) is 0 Å². The molecular weight excluding hydrogens is 314 g/mol. The number of fused-ring (bicyclic) bond motifs is 1. The Balaban J connectivity index is 1.44. The Bertz CT molecular complexity index is 719. The number of carbonyl (C=O) groups excluding carboxylic acids is 1. The molecule has 1 amide bonds. The second-order valence-electron chi connectivity index (χ2n) is 6.95. The van der Waals surface area contributed by atoms with Gasteiger partial charge in [-0.25, -0.2) is 0 Å². The van der Waals surface area contributed by atoms with E-state index in [-0.39, 0.29) is 5.91 Å². The molecule has 3 rings (SSSR count). The fraction of sp³-hybridized carbons (Fsp3) is 0.500. The van der Waals surface area contributed by atoms with E-state index in [2.05, 4.69) is 46.6 Å². The predicted octanol–water partition coefficient (Wildman–Crippen LogP) is 2.79. The van der Waals surface area contributed by atoms with E-state index in [9.17, 15) is 4.79 Å². The van der Waals surface area contributed by atoms with Crippen molar-refractivity contribution >= 4 is 5.91 Å². The highest BCUT2D eigenvalue weighted by molar-refractivity contribution is 5.76. The van der Waals surface area contributed by atoms with Crippen LogP contribution in [0.25, 0.3) is 0 Å². The summed E-state index contributed by atoms with van der Waals surface area (Å²) in [5.41, 5.74) is 4.79. The van der Waals surface area contributed by atoms with E-state index in [0.29, 0.717) is 25.4 Å². The monoisotopic (exact) mass is 341 g/mol. The van der Waals surface area contributed by atoms with Gasteiger partial charge in [0.15, 0.2) is 0 Å². The summed E-state index contributed by atoms with van der Waals surface area (Å²) in [4.78, 5) is 14.6. The van der Waals surface area contributed by atoms with Gasteiger partial charge in [0, 0.05) is 37.7 Å². The van der Waals surface area contributed by atoms with Gasteiger partial charge in [0.1, 0.15) is 5.76 Å². The van der Waals surface area contributed by atoms with Gasteiger partial charge in [0.2, 0.25) is 5.91 Å². The first kappa shape index (κ1) is 17.7. The zero-order chi connectivity index (χ0) is 17.8. The number of hydrogen-bond donors (Lipinski definition) is 1. The first-order valence-corrected chi connectivity index (χ1v) is 9.04. The molecule has 0 saturated heterocycles. The third kappa shape index (κ3) is 4.28. The molecule has 25 heavy (non-hydrogen) atoms. The summed E-state index contributed by atoms with van der Waals surface area (Å²) < 4.78 is 5.15. The molecule has 1 aromatic carbocycles. The number of hydrogen-bond acceptors (Lipinski definition) is 4. The first-order chi connectivity index (χ1) is 12.0. The van der Waals surface area contributed by atoms with Crippen molar-refractivity contribution < 1.29 is 9.32 Å². The summed E-state index contributed by atoms with van der Waals surface area (Å²) in [5, 5.41) is 7.01. The number of aryl methyl sites for hydroxylation is 2. The molecule has 2 aromatic rings. The van der Waals surface area contributed by atoms with Crippen LogP contribution in [0.1, 0.15) is 41.5 Å². The molecule has 0 radical (unpaired) electrons. The molecular formula is C20H27N3O2. The van der Waals surface area contributed by atoms with Gasteiger partial charge in [-0.15, -0.1) is 0 Å². The molecule has 1 atom stereocenters. The maximum Gasteiger partial charge on any atom is 0.220 e. The summed E-state index contributed by atoms with van der Waals surface area (Å²) in [6.45, 7) is 8.69. The maximum atomic E-state index is 12.2. The van der Waals surface area contributed by atoms with Gasteiger partial charge in [0.25, 0.3) is 0 Å². The van der Waals surface area contributed by atoms with E-state index < -0.39 is 0 Å². The standard InChI is InChI=1S/C20H27N3O2/c1-14(23-11-10-17-6-4-5-7-18(17)13-23)12-21-20(24)9-8-19-15(2)22-25-16(19)3/h4-7,14H,8-13H2,1-3H3,(H,21,24). The molecule has 2 heterocycles. The Morgan fingerprint density at radius 1 is 1.32 bits per heavy atom. The first-order valence-electron chi connectivity index (χ1n) is 9.04. The van der Waals surface area contributed by atoms with Gasteiger partial charge in [-0.3, -0.25) is 9.69 Å². The lowest BCUT2D eigenvalue weighted by atomic mass is 9.99. The van der Waals surface area contributed by atoms with Crippen LogP contribution in [0.3, 0.4) is 0 Å². The zero-order valence-corrected chi connectivity index (χ0v) is 15.3. The smallest absolute Gasteiger partial charge is 0.220 e. The molecule has 0 spiro atoms. The highest BCUT2D eigenvalue weighted by Crippen LogP contribution is 2.20. The zero-order valence-electron chi connectivity index (χ0n) is 15.3. The van der Waals surface area contributed by atoms with Crippen molar-refractivity contribution in [3.63, 3.8) is 0 Å². The normalized spacial score (nSPS) is 15.6. The maximum absolute atomic E-state index is 12.2. The van der Waals surface area contributed by atoms with E-state index in [4.69, 9.17) is 4.52 Å². The highest BCUT2D eigenvalue weighted by Gasteiger charge is 2.20. The SMILES string of the molecule is Cc1noc(C)c1CCC(=O)NCC(C)N1CCc2ccccc2C1. The van der Waals surface area contributed by atoms with Crippen molar-refractivity contribution in [3.8, 4) is 0 Å². The van der Waals surface area contributed by atoms with Gasteiger partial charge < -0.3 is 9.84 Å². The highest BCUT2D eigenvalue weighted by atomic mass is 16.5. The van der Waals surface area contributed by atoms with Crippen LogP contribution in [0.4, 0.5) is 0 Å². The molecule has 0 fully saturated rings. The Kier molecular flexibility index (Phi) is 5.53. The van der Waals surface area contributed by atoms with E-state index in [0.717, 1.165) is 36.5 Å². The summed E-state index contributed by atoms with van der Waals surface area (Å²) >= 11 is 0. The van der Waals surface area contributed by atoms with Crippen LogP contribution in [0, 0.1) is 13.8 Å². The molecule has 1 aliphatic rings. The fourth-order valence-corrected chi connectivity index (χ4v) is 3.47. The van der Waals surface area contributed by atoms with Crippen LogP contribution >= 0.6 is 0 Å². The third-order valence-electron chi connectivity index (χ3n) is 5.16. The minimum atomic E-state index is 0.0873. The summed E-state index contributed by atoms with van der Waals surface area (Å²) in [7, 11) is 0. The van der Waals surface area contributed by atoms with Crippen LogP contribution in [0.5, 0.6) is 0 Å². The number of nitrogens with one attached hydrogen (secondary N) is 1. The quantitative estimate of drug-likeness (QED) is 0.878. The number of amides is 1. The summed E-state index contributed by atoms with van der Waals surface area (Å²) in [6, 6.07) is 8.96. The molecule has 5 heteroatoms. The van der Waals surface area contributed by atoms with Gasteiger partial charge >= 0.3 is 0 Å². The molecule has 1 aromatic heterocycles. The number of rotatable bonds is 6. The molecule has 0 saturated carbocycles. The van der Waals surface area contributed by atoms with Crippen LogP contribution in [-0.4, -0.2) is 35.1 Å². The second kappa shape index (κ2) is 7.83. The molecule has 1 unspecified atom stereocenters. The Morgan fingerprint density at radius 2 is 2.08 bits per heavy atom. The Labute approximate surface area is 149 Å². The largest absolute Gasteiger partial charge is 0.361 e. The number of benzene rings is 1. The van der Waals surface area contributed by atoms with Crippen molar-refractivity contribution in [3.05, 3.63) is 52.4 Å². The minimum absolute atomic E-state index is 0.0873. The van der Waals surface area contributed by atoms with Crippen LogP contribution in [0.15, 0.2) is 28.8 Å². The van der Waals surface area contributed by atoms with E-state index in [1.807, 2.05) is 13.8 Å². The van der Waals surface area contributed by atoms with Crippen LogP contribution in [0.2, 0.25) is 0 Å². The van der Waals surface area contributed by atoms with Crippen molar-refractivity contribution in [2.45, 2.75) is 52.6 Å². The van der Waals surface area contributed by atoms with E-state index in [1.54, 1.807) is 0 Å². The summed E-state index contributed by atoms with van der Waals surface area (Å²) in [6.07, 6.45) is 2.23. The lowest BCUT2D eigenvalue weighted by molar-refractivity contribution is -0.121. The van der Waals surface area contributed by atoms with Gasteiger partial charge in [0.05, 0.1) is 5.69 Å². The molecule has 0 bridgehead atoms. The second-order valence-corrected chi connectivity index (χ2v) is 6.95. The van der Waals surface area contributed by atoms with E-state index >= 15 is 0 Å². The van der Waals surface area contributed by atoms with Crippen LogP contribution < -0.4 is 5.32 Å². The number of nitrogens with zero attached hydrogens (tertiary/aromatic N) is 2. The topological polar surface area (TPSA) is 58.4 Å². The summed E-state index contributed by atoms with van der Waals surface area (Å²) in [5.74, 6) is 0.898. The average molecular weight is 341 g/mol. The molecule has 134 valence electrons. The lowest BCUT2D eigenvalue weighted by Crippen LogP contribution is -2.44. The molecule has 1 aliphatic heterocycles. The van der Waals surface area contributed by atoms with Crippen LogP contribution in [-0.2, 0) is 24.2 Å². The number of aromatic nitrogens is 1. The Morgan fingerprint density at radius 3 is 2.80 bits per heavy atom.